The van der Waals surface area contributed by atoms with Gasteiger partial charge in [0, 0.05) is 22.6 Å². The first kappa shape index (κ1) is 20.1. The minimum absolute atomic E-state index is 0.114. The molecule has 0 saturated heterocycles. The van der Waals surface area contributed by atoms with Gasteiger partial charge in [0.15, 0.2) is 5.82 Å². The van der Waals surface area contributed by atoms with Gasteiger partial charge >= 0.3 is 0 Å². The fourth-order valence-electron chi connectivity index (χ4n) is 2.89. The molecule has 0 atom stereocenters. The summed E-state index contributed by atoms with van der Waals surface area (Å²) in [6.45, 7) is 1.76. The van der Waals surface area contributed by atoms with Crippen LogP contribution in [0.3, 0.4) is 0 Å². The Bertz CT molecular complexity index is 1270. The molecule has 31 heavy (non-hydrogen) atoms. The number of carbonyl (C=O) groups excluding carboxylic acids is 1. The second-order valence-corrected chi connectivity index (χ2v) is 7.52. The van der Waals surface area contributed by atoms with Gasteiger partial charge in [0.05, 0.1) is 10.6 Å². The second kappa shape index (κ2) is 8.67. The molecule has 1 N–H and O–H groups in total. The van der Waals surface area contributed by atoms with E-state index in [0.29, 0.717) is 17.1 Å². The molecule has 0 aliphatic rings. The Morgan fingerprint density at radius 1 is 1.16 bits per heavy atom. The Labute approximate surface area is 180 Å². The van der Waals surface area contributed by atoms with Crippen molar-refractivity contribution in [3.05, 3.63) is 86.6 Å². The number of carbonyl (C=O) groups is 1. The molecule has 1 amide bonds. The molecular formula is C21H16N6O3S. The fourth-order valence-corrected chi connectivity index (χ4v) is 3.54. The van der Waals surface area contributed by atoms with Crippen molar-refractivity contribution in [3.8, 4) is 11.4 Å². The normalized spacial score (nSPS) is 11.3. The van der Waals surface area contributed by atoms with Crippen molar-refractivity contribution in [2.45, 2.75) is 6.92 Å². The number of non-ortho nitro benzene ring substituents is 1. The summed E-state index contributed by atoms with van der Waals surface area (Å²) in [7, 11) is 0. The lowest BCUT2D eigenvalue weighted by Crippen LogP contribution is -2.20. The van der Waals surface area contributed by atoms with Crippen LogP contribution in [0.25, 0.3) is 23.2 Å². The Kier molecular flexibility index (Phi) is 5.63. The van der Waals surface area contributed by atoms with Crippen LogP contribution in [-0.4, -0.2) is 31.0 Å². The summed E-state index contributed by atoms with van der Waals surface area (Å²) >= 11 is 1.46. The molecule has 10 heteroatoms. The van der Waals surface area contributed by atoms with E-state index in [1.165, 1.54) is 28.2 Å². The maximum absolute atomic E-state index is 13.3. The van der Waals surface area contributed by atoms with Crippen LogP contribution in [0.5, 0.6) is 0 Å². The number of hydrogen-bond acceptors (Lipinski definition) is 7. The lowest BCUT2D eigenvalue weighted by molar-refractivity contribution is -0.384. The summed E-state index contributed by atoms with van der Waals surface area (Å²) in [5.41, 5.74) is 1.83. The molecule has 154 valence electrons. The van der Waals surface area contributed by atoms with E-state index >= 15 is 0 Å². The average molecular weight is 432 g/mol. The summed E-state index contributed by atoms with van der Waals surface area (Å²) in [6, 6.07) is 17.3. The topological polar surface area (TPSA) is 116 Å². The molecule has 2 heterocycles. The number of amides is 1. The van der Waals surface area contributed by atoms with Crippen LogP contribution in [0.15, 0.2) is 66.0 Å². The Morgan fingerprint density at radius 3 is 2.68 bits per heavy atom. The van der Waals surface area contributed by atoms with Gasteiger partial charge in [0.25, 0.3) is 11.6 Å². The van der Waals surface area contributed by atoms with Gasteiger partial charge in [-0.1, -0.05) is 42.5 Å². The Balaban J connectivity index is 1.76. The minimum Gasteiger partial charge on any atom is -0.320 e. The predicted molar refractivity (Wildman–Crippen MR) is 118 cm³/mol. The summed E-state index contributed by atoms with van der Waals surface area (Å²) in [5.74, 6) is -0.101. The number of tetrazole rings is 1. The van der Waals surface area contributed by atoms with Crippen LogP contribution in [0.4, 0.5) is 11.4 Å². The maximum Gasteiger partial charge on any atom is 0.274 e. The smallest absolute Gasteiger partial charge is 0.274 e. The predicted octanol–water partition coefficient (Wildman–Crippen LogP) is 4.26. The third-order valence-corrected chi connectivity index (χ3v) is 5.28. The number of aromatic nitrogens is 4. The van der Waals surface area contributed by atoms with Crippen LogP contribution in [0.1, 0.15) is 10.4 Å². The molecule has 0 unspecified atom stereocenters. The van der Waals surface area contributed by atoms with Gasteiger partial charge in [0.2, 0.25) is 0 Å². The lowest BCUT2D eigenvalue weighted by Gasteiger charge is -2.12. The lowest BCUT2D eigenvalue weighted by atomic mass is 10.1. The third-order valence-electron chi connectivity index (χ3n) is 4.46. The first-order chi connectivity index (χ1) is 15.0. The summed E-state index contributed by atoms with van der Waals surface area (Å²) in [5, 5.41) is 27.6. The molecule has 2 aromatic heterocycles. The highest BCUT2D eigenvalue weighted by Gasteiger charge is 2.21. The van der Waals surface area contributed by atoms with Crippen molar-refractivity contribution < 1.29 is 9.72 Å². The zero-order valence-electron chi connectivity index (χ0n) is 16.3. The first-order valence-corrected chi connectivity index (χ1v) is 10.1. The number of hydrogen-bond donors (Lipinski definition) is 1. The highest BCUT2D eigenvalue weighted by molar-refractivity contribution is 7.10. The zero-order chi connectivity index (χ0) is 21.8. The zero-order valence-corrected chi connectivity index (χ0v) is 17.1. The molecule has 0 aliphatic heterocycles. The summed E-state index contributed by atoms with van der Waals surface area (Å²) in [4.78, 5) is 24.8. The summed E-state index contributed by atoms with van der Waals surface area (Å²) < 4.78 is 1.36. The van der Waals surface area contributed by atoms with E-state index in [2.05, 4.69) is 20.8 Å². The van der Waals surface area contributed by atoms with E-state index in [-0.39, 0.29) is 11.4 Å². The molecule has 0 bridgehead atoms. The number of nitrogens with zero attached hydrogens (tertiary/aromatic N) is 5. The van der Waals surface area contributed by atoms with Gasteiger partial charge in [-0.15, -0.1) is 16.4 Å². The van der Waals surface area contributed by atoms with Gasteiger partial charge in [-0.2, -0.15) is 4.68 Å². The molecule has 0 radical (unpaired) electrons. The number of nitrogens with one attached hydrogen (secondary N) is 1. The summed E-state index contributed by atoms with van der Waals surface area (Å²) in [6.07, 6.45) is 1.68. The number of anilines is 1. The van der Waals surface area contributed by atoms with E-state index in [1.54, 1.807) is 19.1 Å². The van der Waals surface area contributed by atoms with Crippen LogP contribution in [-0.2, 0) is 4.79 Å². The highest BCUT2D eigenvalue weighted by Crippen LogP contribution is 2.26. The van der Waals surface area contributed by atoms with Gasteiger partial charge in [-0.25, -0.2) is 0 Å². The van der Waals surface area contributed by atoms with E-state index in [0.717, 1.165) is 10.4 Å². The number of benzene rings is 2. The third kappa shape index (κ3) is 4.38. The molecule has 0 fully saturated rings. The molecule has 4 rings (SSSR count). The molecule has 9 nitrogen and oxygen atoms in total. The van der Waals surface area contributed by atoms with E-state index in [1.807, 2.05) is 47.8 Å². The van der Waals surface area contributed by atoms with E-state index in [4.69, 9.17) is 0 Å². The van der Waals surface area contributed by atoms with Gasteiger partial charge in [-0.3, -0.25) is 14.9 Å². The Morgan fingerprint density at radius 2 is 1.97 bits per heavy atom. The van der Waals surface area contributed by atoms with Crippen molar-refractivity contribution in [1.29, 1.82) is 0 Å². The molecule has 0 aliphatic carbocycles. The van der Waals surface area contributed by atoms with Crippen molar-refractivity contribution >= 4 is 40.4 Å². The number of rotatable bonds is 6. The molecule has 4 aromatic rings. The average Bonchev–Trinajstić information content (AvgIpc) is 3.46. The first-order valence-electron chi connectivity index (χ1n) is 9.18. The SMILES string of the molecule is Cc1ccc([N+](=O)[O-])cc1NC(=O)/C(=C/c1cccs1)n1nnnc1-c1ccccc1. The number of aryl methyl sites for hydroxylation is 1. The van der Waals surface area contributed by atoms with Gasteiger partial charge in [0.1, 0.15) is 5.70 Å². The molecule has 2 aromatic carbocycles. The fraction of sp³-hybridized carbons (Fsp3) is 0.0476. The van der Waals surface area contributed by atoms with E-state index in [9.17, 15) is 14.9 Å². The van der Waals surface area contributed by atoms with Crippen LogP contribution < -0.4 is 5.32 Å². The quantitative estimate of drug-likeness (QED) is 0.277. The number of nitro groups is 1. The van der Waals surface area contributed by atoms with Crippen molar-refractivity contribution in [2.24, 2.45) is 0 Å². The second-order valence-electron chi connectivity index (χ2n) is 6.54. The monoisotopic (exact) mass is 432 g/mol. The van der Waals surface area contributed by atoms with Crippen LogP contribution in [0.2, 0.25) is 0 Å². The molecular weight excluding hydrogens is 416 g/mol. The molecule has 0 spiro atoms. The van der Waals surface area contributed by atoms with Crippen LogP contribution >= 0.6 is 11.3 Å². The van der Waals surface area contributed by atoms with Crippen molar-refractivity contribution in [3.63, 3.8) is 0 Å². The van der Waals surface area contributed by atoms with Gasteiger partial charge in [-0.05, 0) is 40.4 Å². The number of thiophene rings is 1. The minimum atomic E-state index is -0.508. The molecule has 0 saturated carbocycles. The number of nitro benzene ring substituents is 1. The highest BCUT2D eigenvalue weighted by atomic mass is 32.1. The maximum atomic E-state index is 13.3. The largest absolute Gasteiger partial charge is 0.320 e. The van der Waals surface area contributed by atoms with Crippen LogP contribution in [0, 0.1) is 17.0 Å². The van der Waals surface area contributed by atoms with Crippen molar-refractivity contribution in [2.75, 3.05) is 5.32 Å². The van der Waals surface area contributed by atoms with Gasteiger partial charge < -0.3 is 5.32 Å². The van der Waals surface area contributed by atoms with E-state index < -0.39 is 10.8 Å². The Hall–Kier alpha value is -4.18. The van der Waals surface area contributed by atoms with Crippen molar-refractivity contribution in [1.82, 2.24) is 20.2 Å². The standard InChI is InChI=1S/C21H16N6O3S/c1-14-9-10-16(27(29)30)12-18(14)22-21(28)19(13-17-8-5-11-31-17)26-20(23-24-25-26)15-6-3-2-4-7-15/h2-13H,1H3,(H,22,28)/b19-13-.